The molecule has 1 saturated carbocycles. The molecule has 2 aromatic heterocycles. The molecule has 0 radical (unpaired) electrons. The van der Waals surface area contributed by atoms with Crippen LogP contribution in [0.4, 0.5) is 17.3 Å². The molecule has 3 fully saturated rings. The van der Waals surface area contributed by atoms with Gasteiger partial charge in [-0.05, 0) is 106 Å². The molecule has 13 nitrogen and oxygen atoms in total. The number of piperazine rings is 1. The van der Waals surface area contributed by atoms with E-state index in [9.17, 15) is 14.4 Å². The third-order valence-electron chi connectivity index (χ3n) is 14.9. The lowest BCUT2D eigenvalue weighted by atomic mass is 9.95. The molecule has 4 heterocycles. The Hall–Kier alpha value is -4.85. The van der Waals surface area contributed by atoms with E-state index in [1.165, 1.54) is 72.1 Å². The Bertz CT molecular complexity index is 2150. The minimum atomic E-state index is -0.749. The van der Waals surface area contributed by atoms with E-state index in [1.807, 2.05) is 25.1 Å². The summed E-state index contributed by atoms with van der Waals surface area (Å²) in [5, 5.41) is 7.35. The van der Waals surface area contributed by atoms with Crippen molar-refractivity contribution in [2.75, 3.05) is 88.6 Å². The van der Waals surface area contributed by atoms with Crippen molar-refractivity contribution in [2.24, 2.45) is 5.92 Å². The SMILES string of the molecule is CCC(CC)CNc1ncc2c(-c3ccc(CN4CCN(C5CCN(CCCCc6ccc(N(C=O)C(CCC=O)C(=O)NC)c(N(C)C)c6)CC5)CC4)cc3)cn(C3CCCCC3)c2n1. The van der Waals surface area contributed by atoms with Gasteiger partial charge in [-0.25, -0.2) is 4.98 Å². The first kappa shape index (κ1) is 49.1. The number of aldehydes is 1. The van der Waals surface area contributed by atoms with Crippen LogP contribution in [0, 0.1) is 5.92 Å². The number of aromatic nitrogens is 3. The molecule has 0 bridgehead atoms. The van der Waals surface area contributed by atoms with Gasteiger partial charge in [0.05, 0.1) is 11.4 Å². The zero-order valence-electron chi connectivity index (χ0n) is 40.7. The van der Waals surface area contributed by atoms with Crippen molar-refractivity contribution in [1.82, 2.24) is 34.6 Å². The Morgan fingerprint density at radius 2 is 1.58 bits per heavy atom. The predicted octanol–water partition coefficient (Wildman–Crippen LogP) is 8.18. The summed E-state index contributed by atoms with van der Waals surface area (Å²) in [7, 11) is 5.45. The fourth-order valence-corrected chi connectivity index (χ4v) is 10.7. The van der Waals surface area contributed by atoms with Gasteiger partial charge in [0, 0.05) is 102 Å². The summed E-state index contributed by atoms with van der Waals surface area (Å²) in [6.07, 6.45) is 20.7. The van der Waals surface area contributed by atoms with E-state index in [0.717, 1.165) is 120 Å². The van der Waals surface area contributed by atoms with Crippen molar-refractivity contribution in [2.45, 2.75) is 128 Å². The number of benzene rings is 2. The van der Waals surface area contributed by atoms with Crippen LogP contribution in [0.2, 0.25) is 0 Å². The Morgan fingerprint density at radius 1 is 0.848 bits per heavy atom. The van der Waals surface area contributed by atoms with Crippen LogP contribution in [-0.2, 0) is 27.3 Å². The van der Waals surface area contributed by atoms with E-state index in [1.54, 1.807) is 7.05 Å². The molecule has 3 aliphatic rings. The highest BCUT2D eigenvalue weighted by molar-refractivity contribution is 5.95. The predicted molar refractivity (Wildman–Crippen MR) is 269 cm³/mol. The molecular weight excluding hydrogens is 825 g/mol. The smallest absolute Gasteiger partial charge is 0.242 e. The van der Waals surface area contributed by atoms with Gasteiger partial charge in [0.25, 0.3) is 0 Å². The Labute approximate surface area is 394 Å². The van der Waals surface area contributed by atoms with Crippen LogP contribution in [0.1, 0.15) is 114 Å². The van der Waals surface area contributed by atoms with Crippen molar-refractivity contribution in [1.29, 1.82) is 0 Å². The highest BCUT2D eigenvalue weighted by Gasteiger charge is 2.29. The maximum atomic E-state index is 12.7. The molecule has 66 heavy (non-hydrogen) atoms. The lowest BCUT2D eigenvalue weighted by Gasteiger charge is -2.43. The maximum Gasteiger partial charge on any atom is 0.242 e. The fraction of sp³-hybridized carbons (Fsp3) is 0.604. The minimum absolute atomic E-state index is 0.203. The number of aryl methyl sites for hydroxylation is 1. The quantitative estimate of drug-likeness (QED) is 0.0557. The van der Waals surface area contributed by atoms with Gasteiger partial charge in [0.1, 0.15) is 18.0 Å². The Morgan fingerprint density at radius 3 is 2.24 bits per heavy atom. The molecule has 2 aromatic carbocycles. The highest BCUT2D eigenvalue weighted by Crippen LogP contribution is 2.37. The number of nitrogens with zero attached hydrogens (tertiary/aromatic N) is 8. The van der Waals surface area contributed by atoms with Crippen molar-refractivity contribution in [3.8, 4) is 11.1 Å². The van der Waals surface area contributed by atoms with Crippen molar-refractivity contribution in [3.05, 3.63) is 66.0 Å². The minimum Gasteiger partial charge on any atom is -0.376 e. The van der Waals surface area contributed by atoms with E-state index >= 15 is 0 Å². The van der Waals surface area contributed by atoms with Gasteiger partial charge in [-0.1, -0.05) is 76.3 Å². The second-order valence-electron chi connectivity index (χ2n) is 19.4. The summed E-state index contributed by atoms with van der Waals surface area (Å²) < 4.78 is 2.47. The zero-order chi connectivity index (χ0) is 46.4. The Balaban J connectivity index is 0.854. The maximum absolute atomic E-state index is 12.7. The number of hydrogen-bond acceptors (Lipinski definition) is 10. The molecule has 2 amide bonds. The second-order valence-corrected chi connectivity index (χ2v) is 19.4. The molecule has 1 unspecified atom stereocenters. The number of fused-ring (bicyclic) bond motifs is 1. The molecule has 1 atom stereocenters. The molecule has 4 aromatic rings. The van der Waals surface area contributed by atoms with Gasteiger partial charge >= 0.3 is 0 Å². The van der Waals surface area contributed by atoms with Crippen LogP contribution in [-0.4, -0.2) is 133 Å². The molecule has 0 spiro atoms. The first-order valence-corrected chi connectivity index (χ1v) is 25.3. The van der Waals surface area contributed by atoms with Gasteiger partial charge < -0.3 is 34.7 Å². The largest absolute Gasteiger partial charge is 0.376 e. The van der Waals surface area contributed by atoms with Crippen LogP contribution < -0.4 is 20.4 Å². The first-order valence-electron chi connectivity index (χ1n) is 25.3. The molecule has 13 heteroatoms. The molecular formula is C53H78N10O3. The van der Waals surface area contributed by atoms with Crippen molar-refractivity contribution >= 4 is 47.0 Å². The standard InChI is InChI=1S/C53H78N10O3/c1-6-40(7-2)35-55-53-56-36-46-47(38-62(51(46)57-53)45-15-9-8-10-16-45)43-21-18-42(19-22-43)37-60-29-31-61(32-30-60)44-24-27-59(28-25-44)26-12-11-14-41-20-23-48(50(34-41)58(4)5)63(39-65)49(17-13-33-64)52(66)54-3/h18-23,33-34,36,38-40,44-45,49H,6-17,24-32,35,37H2,1-5H3,(H,54,66)(H,55,56,57). The second kappa shape index (κ2) is 24.3. The number of likely N-dealkylation sites (tertiary alicyclic amines) is 1. The number of anilines is 3. The van der Waals surface area contributed by atoms with Gasteiger partial charge in [0.15, 0.2) is 0 Å². The summed E-state index contributed by atoms with van der Waals surface area (Å²) >= 11 is 0. The third-order valence-corrected chi connectivity index (χ3v) is 14.9. The van der Waals surface area contributed by atoms with Gasteiger partial charge in [0.2, 0.25) is 18.3 Å². The number of carbonyl (C=O) groups excluding carboxylic acids is 3. The van der Waals surface area contributed by atoms with E-state index in [0.29, 0.717) is 30.1 Å². The molecule has 358 valence electrons. The van der Waals surface area contributed by atoms with Crippen LogP contribution >= 0.6 is 0 Å². The number of carbonyl (C=O) groups is 3. The molecule has 1 aliphatic carbocycles. The van der Waals surface area contributed by atoms with Crippen molar-refractivity contribution < 1.29 is 14.4 Å². The van der Waals surface area contributed by atoms with Gasteiger partial charge in [-0.15, -0.1) is 0 Å². The summed E-state index contributed by atoms with van der Waals surface area (Å²) in [6, 6.07) is 15.9. The molecule has 2 saturated heterocycles. The number of amides is 2. The number of nitrogens with one attached hydrogen (secondary N) is 2. The van der Waals surface area contributed by atoms with E-state index < -0.39 is 6.04 Å². The zero-order valence-corrected chi connectivity index (χ0v) is 40.7. The summed E-state index contributed by atoms with van der Waals surface area (Å²) in [6.45, 7) is 14.4. The van der Waals surface area contributed by atoms with E-state index in [-0.39, 0.29) is 18.7 Å². The lowest BCUT2D eigenvalue weighted by Crippen LogP contribution is -2.53. The molecule has 7 rings (SSSR count). The summed E-state index contributed by atoms with van der Waals surface area (Å²) in [5.41, 5.74) is 7.69. The van der Waals surface area contributed by atoms with Gasteiger partial charge in [-0.2, -0.15) is 4.98 Å². The molecule has 2 aliphatic heterocycles. The number of unbranched alkanes of at least 4 members (excludes halogenated alkanes) is 1. The molecule has 2 N–H and O–H groups in total. The number of hydrogen-bond donors (Lipinski definition) is 2. The third kappa shape index (κ3) is 12.4. The number of likely N-dealkylation sites (N-methyl/N-ethyl adjacent to an activating group) is 1. The van der Waals surface area contributed by atoms with Crippen LogP contribution in [0.25, 0.3) is 22.2 Å². The highest BCUT2D eigenvalue weighted by atomic mass is 16.2. The lowest BCUT2D eigenvalue weighted by molar-refractivity contribution is -0.123. The van der Waals surface area contributed by atoms with Crippen LogP contribution in [0.3, 0.4) is 0 Å². The fourth-order valence-electron chi connectivity index (χ4n) is 10.7. The van der Waals surface area contributed by atoms with E-state index in [4.69, 9.17) is 9.97 Å². The summed E-state index contributed by atoms with van der Waals surface area (Å²) in [5.74, 6) is 1.10. The average molecular weight is 903 g/mol. The topological polar surface area (TPSA) is 122 Å². The Kier molecular flexibility index (Phi) is 18.0. The van der Waals surface area contributed by atoms with Crippen LogP contribution in [0.15, 0.2) is 54.9 Å². The normalized spacial score (nSPS) is 17.5. The monoisotopic (exact) mass is 903 g/mol. The van der Waals surface area contributed by atoms with Gasteiger partial charge in [-0.3, -0.25) is 19.4 Å². The van der Waals surface area contributed by atoms with Crippen molar-refractivity contribution in [3.63, 3.8) is 0 Å². The summed E-state index contributed by atoms with van der Waals surface area (Å²) in [4.78, 5) is 57.5. The number of piperidine rings is 1. The first-order chi connectivity index (χ1) is 32.2. The van der Waals surface area contributed by atoms with E-state index in [2.05, 4.69) is 92.5 Å². The average Bonchev–Trinajstić information content (AvgIpc) is 3.74. The number of rotatable bonds is 23. The van der Waals surface area contributed by atoms with Crippen LogP contribution in [0.5, 0.6) is 0 Å².